The first-order chi connectivity index (χ1) is 16.8. The van der Waals surface area contributed by atoms with E-state index in [4.69, 9.17) is 13.7 Å². The maximum absolute atomic E-state index is 12.7. The van der Waals surface area contributed by atoms with E-state index in [0.717, 1.165) is 5.56 Å². The molecule has 1 fully saturated rings. The Morgan fingerprint density at radius 2 is 1.34 bits per heavy atom. The molecule has 3 aromatic rings. The number of aryl methyl sites for hydroxylation is 1. The summed E-state index contributed by atoms with van der Waals surface area (Å²) in [5.41, 5.74) is 0.964. The van der Waals surface area contributed by atoms with Gasteiger partial charge in [0.2, 0.25) is 0 Å². The lowest BCUT2D eigenvalue weighted by molar-refractivity contribution is 0.0276. The Labute approximate surface area is 204 Å². The van der Waals surface area contributed by atoms with Gasteiger partial charge in [-0.2, -0.15) is 8.42 Å². The van der Waals surface area contributed by atoms with Crippen LogP contribution in [0.5, 0.6) is 0 Å². The number of hydrogen-bond acceptors (Lipinski definition) is 7. The van der Waals surface area contributed by atoms with Crippen molar-refractivity contribution in [2.75, 3.05) is 19.8 Å². The van der Waals surface area contributed by atoms with Crippen LogP contribution in [0.1, 0.15) is 32.7 Å². The van der Waals surface area contributed by atoms with Crippen LogP contribution >= 0.6 is 0 Å². The highest BCUT2D eigenvalue weighted by atomic mass is 32.2. The summed E-state index contributed by atoms with van der Waals surface area (Å²) in [5, 5.41) is 0. The van der Waals surface area contributed by atoms with Crippen LogP contribution in [0.3, 0.4) is 0 Å². The van der Waals surface area contributed by atoms with E-state index in [1.54, 1.807) is 72.8 Å². The van der Waals surface area contributed by atoms with Crippen molar-refractivity contribution in [1.82, 2.24) is 0 Å². The van der Waals surface area contributed by atoms with Gasteiger partial charge in [-0.05, 0) is 49.7 Å². The number of hydrogen-bond donors (Lipinski definition) is 0. The van der Waals surface area contributed by atoms with E-state index < -0.39 is 27.5 Å². The molecule has 0 saturated heterocycles. The quantitative estimate of drug-likeness (QED) is 0.304. The summed E-state index contributed by atoms with van der Waals surface area (Å²) >= 11 is 0. The Morgan fingerprint density at radius 3 is 1.91 bits per heavy atom. The zero-order valence-electron chi connectivity index (χ0n) is 19.3. The predicted octanol–water partition coefficient (Wildman–Crippen LogP) is 4.42. The number of carbonyl (C=O) groups is 2. The average molecular weight is 495 g/mol. The third kappa shape index (κ3) is 6.15. The van der Waals surface area contributed by atoms with Crippen LogP contribution < -0.4 is 0 Å². The predicted molar refractivity (Wildman–Crippen MR) is 128 cm³/mol. The molecule has 3 aromatic carbocycles. The van der Waals surface area contributed by atoms with Gasteiger partial charge in [0.1, 0.15) is 0 Å². The molecule has 0 amide bonds. The first-order valence-corrected chi connectivity index (χ1v) is 12.6. The summed E-state index contributed by atoms with van der Waals surface area (Å²) in [6.07, 6.45) is 0.487. The molecule has 0 unspecified atom stereocenters. The number of rotatable bonds is 10. The van der Waals surface area contributed by atoms with Crippen LogP contribution in [0.4, 0.5) is 0 Å². The van der Waals surface area contributed by atoms with Gasteiger partial charge in [0.05, 0.1) is 35.8 Å². The van der Waals surface area contributed by atoms with E-state index in [0.29, 0.717) is 17.5 Å². The van der Waals surface area contributed by atoms with Crippen LogP contribution in [0.15, 0.2) is 89.8 Å². The van der Waals surface area contributed by atoms with Gasteiger partial charge in [-0.25, -0.2) is 9.59 Å². The molecule has 182 valence electrons. The fourth-order valence-electron chi connectivity index (χ4n) is 3.73. The zero-order valence-corrected chi connectivity index (χ0v) is 20.1. The largest absolute Gasteiger partial charge is 0.462 e. The van der Waals surface area contributed by atoms with Gasteiger partial charge in [-0.3, -0.25) is 4.18 Å². The first-order valence-electron chi connectivity index (χ1n) is 11.2. The van der Waals surface area contributed by atoms with Gasteiger partial charge in [0.15, 0.2) is 0 Å². The molecular formula is C27H26O7S. The molecule has 0 aliphatic heterocycles. The summed E-state index contributed by atoms with van der Waals surface area (Å²) in [6, 6.07) is 23.5. The van der Waals surface area contributed by atoms with E-state index >= 15 is 0 Å². The van der Waals surface area contributed by atoms with Crippen molar-refractivity contribution >= 4 is 22.1 Å². The van der Waals surface area contributed by atoms with Crippen LogP contribution in [0, 0.1) is 18.3 Å². The molecule has 0 radical (unpaired) electrons. The van der Waals surface area contributed by atoms with E-state index in [1.165, 1.54) is 12.1 Å². The van der Waals surface area contributed by atoms with Gasteiger partial charge >= 0.3 is 11.9 Å². The summed E-state index contributed by atoms with van der Waals surface area (Å²) in [7, 11) is -4.01. The molecule has 0 aromatic heterocycles. The Morgan fingerprint density at radius 1 is 0.800 bits per heavy atom. The highest BCUT2D eigenvalue weighted by Crippen LogP contribution is 2.53. The summed E-state index contributed by atoms with van der Waals surface area (Å²) in [6.45, 7) is 1.67. The molecule has 0 bridgehead atoms. The summed E-state index contributed by atoms with van der Waals surface area (Å²) in [5.74, 6) is -1.20. The minimum absolute atomic E-state index is 0.0484. The Balaban J connectivity index is 1.43. The van der Waals surface area contributed by atoms with Gasteiger partial charge < -0.3 is 9.47 Å². The molecule has 0 spiro atoms. The normalized spacial score (nSPS) is 19.1. The second-order valence-electron chi connectivity index (χ2n) is 8.70. The fourth-order valence-corrected chi connectivity index (χ4v) is 4.73. The van der Waals surface area contributed by atoms with Gasteiger partial charge in [-0.15, -0.1) is 0 Å². The fraction of sp³-hybridized carbons (Fsp3) is 0.259. The molecule has 4 rings (SSSR count). The lowest BCUT2D eigenvalue weighted by Crippen LogP contribution is -2.26. The molecule has 0 heterocycles. The first kappa shape index (κ1) is 24.6. The number of benzene rings is 3. The van der Waals surface area contributed by atoms with E-state index in [9.17, 15) is 18.0 Å². The zero-order chi connectivity index (χ0) is 24.9. The minimum Gasteiger partial charge on any atom is -0.462 e. The molecular weight excluding hydrogens is 468 g/mol. The molecule has 0 N–H and O–H groups in total. The smallest absolute Gasteiger partial charge is 0.338 e. The number of esters is 2. The van der Waals surface area contributed by atoms with Gasteiger partial charge in [0.25, 0.3) is 10.1 Å². The van der Waals surface area contributed by atoms with Crippen LogP contribution in [0.2, 0.25) is 0 Å². The maximum atomic E-state index is 12.7. The highest BCUT2D eigenvalue weighted by Gasteiger charge is 2.56. The highest BCUT2D eigenvalue weighted by molar-refractivity contribution is 7.86. The molecule has 35 heavy (non-hydrogen) atoms. The Hall–Kier alpha value is -3.49. The van der Waals surface area contributed by atoms with E-state index in [1.807, 2.05) is 6.92 Å². The molecule has 1 aliphatic carbocycles. The topological polar surface area (TPSA) is 96.0 Å². The number of carbonyl (C=O) groups excluding carboxylic acids is 2. The second-order valence-corrected chi connectivity index (χ2v) is 10.3. The van der Waals surface area contributed by atoms with E-state index in [-0.39, 0.29) is 30.6 Å². The van der Waals surface area contributed by atoms with Crippen LogP contribution in [-0.2, 0) is 23.8 Å². The maximum Gasteiger partial charge on any atom is 0.338 e. The van der Waals surface area contributed by atoms with Gasteiger partial charge in [0, 0.05) is 11.3 Å². The third-order valence-corrected chi connectivity index (χ3v) is 7.37. The van der Waals surface area contributed by atoms with Crippen molar-refractivity contribution < 1.29 is 31.7 Å². The van der Waals surface area contributed by atoms with Crippen LogP contribution in [0.25, 0.3) is 0 Å². The number of ether oxygens (including phenoxy) is 2. The van der Waals surface area contributed by atoms with Crippen molar-refractivity contribution in [3.63, 3.8) is 0 Å². The molecule has 8 heteroatoms. The second kappa shape index (κ2) is 10.4. The summed E-state index contributed by atoms with van der Waals surface area (Å²) < 4.78 is 41.8. The SMILES string of the molecule is Cc1ccc(S(=O)(=O)OC[C@@]2(COC(=O)c3ccccc3)C[C@@H]2COC(=O)c2ccccc2)cc1. The Bertz CT molecular complexity index is 1270. The lowest BCUT2D eigenvalue weighted by Gasteiger charge is -2.18. The van der Waals surface area contributed by atoms with E-state index in [2.05, 4.69) is 0 Å². The van der Waals surface area contributed by atoms with Crippen molar-refractivity contribution in [3.8, 4) is 0 Å². The van der Waals surface area contributed by atoms with Crippen molar-refractivity contribution in [2.45, 2.75) is 18.2 Å². The van der Waals surface area contributed by atoms with Gasteiger partial charge in [-0.1, -0.05) is 54.1 Å². The Kier molecular flexibility index (Phi) is 7.33. The minimum atomic E-state index is -4.01. The molecule has 2 atom stereocenters. The van der Waals surface area contributed by atoms with Crippen molar-refractivity contribution in [3.05, 3.63) is 102 Å². The molecule has 7 nitrogen and oxygen atoms in total. The van der Waals surface area contributed by atoms with Crippen LogP contribution in [-0.4, -0.2) is 40.2 Å². The lowest BCUT2D eigenvalue weighted by atomic mass is 10.1. The average Bonchev–Trinajstić information content (AvgIpc) is 3.59. The summed E-state index contributed by atoms with van der Waals surface area (Å²) in [4.78, 5) is 24.8. The van der Waals surface area contributed by atoms with Crippen molar-refractivity contribution in [2.24, 2.45) is 11.3 Å². The molecule has 1 aliphatic rings. The van der Waals surface area contributed by atoms with Crippen molar-refractivity contribution in [1.29, 1.82) is 0 Å². The third-order valence-electron chi connectivity index (χ3n) is 6.10. The standard InChI is InChI=1S/C27H26O7S/c1-20-12-14-24(15-13-20)35(30,31)34-19-27(18-33-26(29)22-10-6-3-7-11-22)16-23(27)17-32-25(28)21-8-4-2-5-9-21/h2-15,23H,16-19H2,1H3/t23-,27+/m1/s1. The monoisotopic (exact) mass is 494 g/mol. The molecule has 1 saturated carbocycles.